The SMILES string of the molecule is COC(=O)N[C@H](C(=O)N[C@@H](Cc1ccc(-c2ccccn2)cc1)C[C@H](O)[C@H](Cc1ccccc1)NC(=O)[C@H]([C@H]1CCOC1)N(C)C(=O)O)C(C)(C)C. The van der Waals surface area contributed by atoms with E-state index in [-0.39, 0.29) is 25.4 Å². The number of likely N-dealkylation sites (N-methyl/N-ethyl adjacent to an activating group) is 1. The Kier molecular flexibility index (Phi) is 14.1. The molecule has 0 unspecified atom stereocenters. The smallest absolute Gasteiger partial charge is 0.407 e. The van der Waals surface area contributed by atoms with Crippen molar-refractivity contribution in [2.45, 2.75) is 76.7 Å². The van der Waals surface area contributed by atoms with Gasteiger partial charge in [-0.1, -0.05) is 81.4 Å². The van der Waals surface area contributed by atoms with Crippen LogP contribution >= 0.6 is 0 Å². The minimum absolute atomic E-state index is 0.0204. The van der Waals surface area contributed by atoms with E-state index in [0.29, 0.717) is 19.4 Å². The van der Waals surface area contributed by atoms with Crippen molar-refractivity contribution in [3.8, 4) is 11.3 Å². The van der Waals surface area contributed by atoms with Crippen molar-refractivity contribution in [3.63, 3.8) is 0 Å². The van der Waals surface area contributed by atoms with Crippen molar-refractivity contribution in [2.24, 2.45) is 11.3 Å². The second-order valence-electron chi connectivity index (χ2n) is 14.3. The number of carbonyl (C=O) groups excluding carboxylic acids is 3. The Labute approximate surface area is 305 Å². The average molecular weight is 718 g/mol. The molecule has 4 amide bonds. The summed E-state index contributed by atoms with van der Waals surface area (Å²) in [5.74, 6) is -1.36. The highest BCUT2D eigenvalue weighted by atomic mass is 16.5. The zero-order valence-electron chi connectivity index (χ0n) is 30.5. The van der Waals surface area contributed by atoms with Gasteiger partial charge in [0.15, 0.2) is 0 Å². The van der Waals surface area contributed by atoms with Crippen LogP contribution in [0.25, 0.3) is 11.3 Å². The van der Waals surface area contributed by atoms with E-state index in [1.54, 1.807) is 6.20 Å². The van der Waals surface area contributed by atoms with E-state index in [0.717, 1.165) is 27.3 Å². The zero-order valence-corrected chi connectivity index (χ0v) is 30.5. The van der Waals surface area contributed by atoms with E-state index in [1.807, 2.05) is 93.6 Å². The number of alkyl carbamates (subject to hydrolysis) is 1. The van der Waals surface area contributed by atoms with Crippen molar-refractivity contribution in [1.29, 1.82) is 0 Å². The highest BCUT2D eigenvalue weighted by Crippen LogP contribution is 2.24. The molecular formula is C39H51N5O8. The maximum Gasteiger partial charge on any atom is 0.407 e. The highest BCUT2D eigenvalue weighted by molar-refractivity contribution is 5.87. The first kappa shape index (κ1) is 39.8. The molecule has 0 saturated carbocycles. The molecule has 1 fully saturated rings. The van der Waals surface area contributed by atoms with Crippen molar-refractivity contribution >= 4 is 24.0 Å². The van der Waals surface area contributed by atoms with Crippen molar-refractivity contribution < 1.29 is 38.9 Å². The average Bonchev–Trinajstić information content (AvgIpc) is 3.65. The molecular weight excluding hydrogens is 666 g/mol. The van der Waals surface area contributed by atoms with Crippen molar-refractivity contribution in [2.75, 3.05) is 27.4 Å². The summed E-state index contributed by atoms with van der Waals surface area (Å²) in [4.78, 5) is 57.4. The largest absolute Gasteiger partial charge is 0.465 e. The number of carbonyl (C=O) groups is 4. The molecule has 0 radical (unpaired) electrons. The zero-order chi connectivity index (χ0) is 37.8. The second-order valence-corrected chi connectivity index (χ2v) is 14.3. The number of aliphatic hydroxyl groups excluding tert-OH is 1. The minimum Gasteiger partial charge on any atom is -0.465 e. The van der Waals surface area contributed by atoms with Crippen LogP contribution < -0.4 is 16.0 Å². The Bertz CT molecular complexity index is 1610. The van der Waals surface area contributed by atoms with Crippen LogP contribution in [0.4, 0.5) is 9.59 Å². The Morgan fingerprint density at radius 2 is 1.60 bits per heavy atom. The quantitative estimate of drug-likeness (QED) is 0.155. The summed E-state index contributed by atoms with van der Waals surface area (Å²) in [7, 11) is 2.58. The summed E-state index contributed by atoms with van der Waals surface area (Å²) in [6.07, 6.45) is -0.370. The summed E-state index contributed by atoms with van der Waals surface area (Å²) in [5.41, 5.74) is 2.76. The number of aromatic nitrogens is 1. The summed E-state index contributed by atoms with van der Waals surface area (Å²) >= 11 is 0. The molecule has 6 atom stereocenters. The monoisotopic (exact) mass is 717 g/mol. The third-order valence-corrected chi connectivity index (χ3v) is 9.33. The van der Waals surface area contributed by atoms with Crippen LogP contribution in [0, 0.1) is 11.3 Å². The van der Waals surface area contributed by atoms with Gasteiger partial charge in [0, 0.05) is 37.4 Å². The maximum atomic E-state index is 13.9. The molecule has 13 heteroatoms. The van der Waals surface area contributed by atoms with Gasteiger partial charge < -0.3 is 35.6 Å². The number of hydrogen-bond donors (Lipinski definition) is 5. The predicted molar refractivity (Wildman–Crippen MR) is 195 cm³/mol. The van der Waals surface area contributed by atoms with Gasteiger partial charge in [-0.25, -0.2) is 9.59 Å². The molecule has 3 aromatic rings. The fraction of sp³-hybridized carbons (Fsp3) is 0.462. The van der Waals surface area contributed by atoms with Gasteiger partial charge in [0.05, 0.1) is 31.6 Å². The number of nitrogens with one attached hydrogen (secondary N) is 3. The lowest BCUT2D eigenvalue weighted by Crippen LogP contribution is -2.58. The van der Waals surface area contributed by atoms with Crippen molar-refractivity contribution in [3.05, 3.63) is 90.1 Å². The van der Waals surface area contributed by atoms with E-state index in [4.69, 9.17) is 9.47 Å². The van der Waals surface area contributed by atoms with Gasteiger partial charge in [0.25, 0.3) is 0 Å². The number of ether oxygens (including phenoxy) is 2. The Morgan fingerprint density at radius 3 is 2.17 bits per heavy atom. The van der Waals surface area contributed by atoms with Gasteiger partial charge in [0.2, 0.25) is 11.8 Å². The Hall–Kier alpha value is -5.01. The van der Waals surface area contributed by atoms with E-state index >= 15 is 0 Å². The van der Waals surface area contributed by atoms with Crippen LogP contribution in [0.3, 0.4) is 0 Å². The fourth-order valence-electron chi connectivity index (χ4n) is 6.46. The topological polar surface area (TPSA) is 179 Å². The standard InChI is InChI=1S/C39H51N5O8/c1-39(2,3)34(43-37(48)51-5)36(47)41-29(21-26-14-16-27(17-15-26)30-13-9-10-19-40-30)23-32(45)31(22-25-11-7-6-8-12-25)42-35(46)33(44(4)38(49)50)28-18-20-52-24-28/h6-17,19,28-29,31-34,45H,18,20-24H2,1-5H3,(H,41,47)(H,42,46)(H,43,48)(H,49,50)/t28-,29-,31-,32-,33-,34+/m0/s1. The number of nitrogens with zero attached hydrogens (tertiary/aromatic N) is 2. The second kappa shape index (κ2) is 18.5. The van der Waals surface area contributed by atoms with E-state index in [9.17, 15) is 29.4 Å². The molecule has 0 bridgehead atoms. The van der Waals surface area contributed by atoms with Gasteiger partial charge in [-0.05, 0) is 54.4 Å². The van der Waals surface area contributed by atoms with Gasteiger partial charge in [-0.15, -0.1) is 0 Å². The van der Waals surface area contributed by atoms with Gasteiger partial charge in [-0.2, -0.15) is 0 Å². The summed E-state index contributed by atoms with van der Waals surface area (Å²) < 4.78 is 10.3. The van der Waals surface area contributed by atoms with E-state index in [1.165, 1.54) is 14.2 Å². The number of benzene rings is 2. The molecule has 5 N–H and O–H groups in total. The number of rotatable bonds is 15. The first-order chi connectivity index (χ1) is 24.8. The molecule has 1 saturated heterocycles. The summed E-state index contributed by atoms with van der Waals surface area (Å²) in [6, 6.07) is 19.3. The lowest BCUT2D eigenvalue weighted by Gasteiger charge is -2.34. The molecule has 52 heavy (non-hydrogen) atoms. The molecule has 2 aromatic carbocycles. The Balaban J connectivity index is 1.63. The molecule has 4 rings (SSSR count). The number of carboxylic acid groups (broad SMARTS) is 1. The maximum absolute atomic E-state index is 13.9. The van der Waals surface area contributed by atoms with Gasteiger partial charge in [-0.3, -0.25) is 19.5 Å². The number of aliphatic hydroxyl groups is 1. The van der Waals surface area contributed by atoms with Crippen LogP contribution in [0.15, 0.2) is 79.0 Å². The molecule has 1 aromatic heterocycles. The number of methoxy groups -OCH3 is 1. The highest BCUT2D eigenvalue weighted by Gasteiger charge is 2.39. The van der Waals surface area contributed by atoms with E-state index in [2.05, 4.69) is 20.9 Å². The predicted octanol–water partition coefficient (Wildman–Crippen LogP) is 4.04. The van der Waals surface area contributed by atoms with Gasteiger partial charge >= 0.3 is 12.2 Å². The number of pyridine rings is 1. The normalized spacial score (nSPS) is 17.2. The number of amides is 4. The van der Waals surface area contributed by atoms with Crippen LogP contribution in [0.5, 0.6) is 0 Å². The van der Waals surface area contributed by atoms with E-state index < -0.39 is 59.7 Å². The molecule has 280 valence electrons. The fourth-order valence-corrected chi connectivity index (χ4v) is 6.46. The van der Waals surface area contributed by atoms with Crippen LogP contribution in [-0.2, 0) is 31.9 Å². The summed E-state index contributed by atoms with van der Waals surface area (Å²) in [6.45, 7) is 6.11. The molecule has 2 heterocycles. The first-order valence-electron chi connectivity index (χ1n) is 17.5. The lowest BCUT2D eigenvalue weighted by atomic mass is 9.85. The minimum atomic E-state index is -1.25. The lowest BCUT2D eigenvalue weighted by molar-refractivity contribution is -0.129. The first-order valence-corrected chi connectivity index (χ1v) is 17.5. The number of hydrogen-bond acceptors (Lipinski definition) is 8. The third-order valence-electron chi connectivity index (χ3n) is 9.33. The van der Waals surface area contributed by atoms with Gasteiger partial charge in [0.1, 0.15) is 12.1 Å². The van der Waals surface area contributed by atoms with Crippen molar-refractivity contribution in [1.82, 2.24) is 25.8 Å². The molecule has 1 aliphatic rings. The van der Waals surface area contributed by atoms with Crippen LogP contribution in [0.2, 0.25) is 0 Å². The molecule has 13 nitrogen and oxygen atoms in total. The third kappa shape index (κ3) is 11.2. The Morgan fingerprint density at radius 1 is 0.923 bits per heavy atom. The molecule has 0 aliphatic carbocycles. The molecule has 0 spiro atoms. The molecule has 1 aliphatic heterocycles. The van der Waals surface area contributed by atoms with Crippen LogP contribution in [-0.4, -0.2) is 102 Å². The summed E-state index contributed by atoms with van der Waals surface area (Å²) in [5, 5.41) is 30.4. The van der Waals surface area contributed by atoms with Crippen LogP contribution in [0.1, 0.15) is 44.7 Å².